The summed E-state index contributed by atoms with van der Waals surface area (Å²) in [7, 11) is 0. The van der Waals surface area contributed by atoms with Crippen LogP contribution in [0.5, 0.6) is 5.75 Å². The molecule has 0 saturated carbocycles. The number of rotatable bonds is 2. The summed E-state index contributed by atoms with van der Waals surface area (Å²) < 4.78 is 5.81. The normalized spacial score (nSPS) is 18.2. The van der Waals surface area contributed by atoms with Crippen LogP contribution in [0.4, 0.5) is 0 Å². The van der Waals surface area contributed by atoms with Gasteiger partial charge < -0.3 is 10.5 Å². The molecule has 0 fully saturated rings. The van der Waals surface area contributed by atoms with Gasteiger partial charge in [-0.1, -0.05) is 18.2 Å². The number of nitrogens with zero attached hydrogens (tertiary/aromatic N) is 1. The van der Waals surface area contributed by atoms with Crippen LogP contribution in [-0.4, -0.2) is 11.6 Å². The Labute approximate surface area is 111 Å². The number of aryl methyl sites for hydroxylation is 1. The Bertz CT molecular complexity index is 565. The number of nitrogens with two attached hydrogens (primary N) is 1. The van der Waals surface area contributed by atoms with Crippen molar-refractivity contribution in [2.75, 3.05) is 6.61 Å². The minimum absolute atomic E-state index is 0.365. The predicted molar refractivity (Wildman–Crippen MR) is 73.1 cm³/mol. The molecule has 94 valence electrons. The van der Waals surface area contributed by atoms with Crippen LogP contribution >= 0.6 is 11.3 Å². The third kappa shape index (κ3) is 2.02. The molecule has 1 aliphatic heterocycles. The summed E-state index contributed by atoms with van der Waals surface area (Å²) in [6, 6.07) is 8.23. The van der Waals surface area contributed by atoms with Crippen LogP contribution in [-0.2, 0) is 13.0 Å². The van der Waals surface area contributed by atoms with Crippen molar-refractivity contribution < 1.29 is 4.74 Å². The molecule has 2 heterocycles. The summed E-state index contributed by atoms with van der Waals surface area (Å²) in [6.45, 7) is 3.32. The van der Waals surface area contributed by atoms with Gasteiger partial charge in [0.05, 0.1) is 17.3 Å². The fraction of sp³-hybridized carbons (Fsp3) is 0.357. The molecule has 18 heavy (non-hydrogen) atoms. The number of hydrogen-bond acceptors (Lipinski definition) is 4. The number of hydrogen-bond donors (Lipinski definition) is 1. The van der Waals surface area contributed by atoms with E-state index in [1.54, 1.807) is 11.3 Å². The van der Waals surface area contributed by atoms with Gasteiger partial charge in [-0.25, -0.2) is 4.98 Å². The smallest absolute Gasteiger partial charge is 0.122 e. The van der Waals surface area contributed by atoms with Crippen molar-refractivity contribution in [3.63, 3.8) is 0 Å². The lowest BCUT2D eigenvalue weighted by molar-refractivity contribution is 0.262. The van der Waals surface area contributed by atoms with Gasteiger partial charge in [-0.3, -0.25) is 0 Å². The number of para-hydroxylation sites is 1. The zero-order valence-electron chi connectivity index (χ0n) is 10.3. The second kappa shape index (κ2) is 4.71. The van der Waals surface area contributed by atoms with Gasteiger partial charge in [0.1, 0.15) is 5.75 Å². The van der Waals surface area contributed by atoms with E-state index in [1.165, 1.54) is 10.4 Å². The molecule has 1 aromatic carbocycles. The van der Waals surface area contributed by atoms with Crippen LogP contribution in [0, 0.1) is 6.92 Å². The Morgan fingerprint density at radius 3 is 3.06 bits per heavy atom. The fourth-order valence-electron chi connectivity index (χ4n) is 2.30. The summed E-state index contributed by atoms with van der Waals surface area (Å²) in [6.07, 6.45) is 1.01. The summed E-state index contributed by atoms with van der Waals surface area (Å²) in [5.74, 6) is 1.38. The summed E-state index contributed by atoms with van der Waals surface area (Å²) in [5, 5.41) is 1.16. The fourth-order valence-corrected chi connectivity index (χ4v) is 3.33. The van der Waals surface area contributed by atoms with Crippen molar-refractivity contribution in [2.45, 2.75) is 25.8 Å². The molecule has 0 amide bonds. The molecule has 1 unspecified atom stereocenters. The van der Waals surface area contributed by atoms with Crippen LogP contribution in [0.1, 0.15) is 27.1 Å². The Hall–Kier alpha value is -1.39. The molecule has 0 saturated heterocycles. The number of fused-ring (bicyclic) bond motifs is 1. The third-order valence-corrected chi connectivity index (χ3v) is 4.67. The van der Waals surface area contributed by atoms with Crippen LogP contribution in [0.3, 0.4) is 0 Å². The maximum atomic E-state index is 5.81. The molecule has 2 N–H and O–H groups in total. The van der Waals surface area contributed by atoms with E-state index >= 15 is 0 Å². The molecular weight excluding hydrogens is 244 g/mol. The molecule has 0 bridgehead atoms. The topological polar surface area (TPSA) is 48.1 Å². The molecule has 1 aliphatic rings. The highest BCUT2D eigenvalue weighted by Gasteiger charge is 2.24. The lowest BCUT2D eigenvalue weighted by atomic mass is 9.97. The van der Waals surface area contributed by atoms with Gasteiger partial charge in [0.15, 0.2) is 0 Å². The molecule has 4 heteroatoms. The molecule has 0 spiro atoms. The maximum absolute atomic E-state index is 5.81. The maximum Gasteiger partial charge on any atom is 0.122 e. The minimum Gasteiger partial charge on any atom is -0.493 e. The van der Waals surface area contributed by atoms with Crippen molar-refractivity contribution in [3.8, 4) is 5.75 Å². The van der Waals surface area contributed by atoms with Gasteiger partial charge in [-0.15, -0.1) is 11.3 Å². The van der Waals surface area contributed by atoms with E-state index in [1.807, 2.05) is 19.1 Å². The summed E-state index contributed by atoms with van der Waals surface area (Å²) >= 11 is 1.72. The second-order valence-electron chi connectivity index (χ2n) is 4.58. The summed E-state index contributed by atoms with van der Waals surface area (Å²) in [4.78, 5) is 5.82. The average molecular weight is 260 g/mol. The molecule has 2 aromatic rings. The highest BCUT2D eigenvalue weighted by atomic mass is 32.1. The first-order valence-corrected chi connectivity index (χ1v) is 6.96. The first kappa shape index (κ1) is 11.7. The monoisotopic (exact) mass is 260 g/mol. The molecule has 3 rings (SSSR count). The van der Waals surface area contributed by atoms with Gasteiger partial charge in [-0.05, 0) is 25.0 Å². The van der Waals surface area contributed by atoms with E-state index in [0.29, 0.717) is 19.1 Å². The standard InChI is InChI=1S/C14H16N2OS/c1-9-13(7-15)18-14(16-9)11-6-10-4-2-3-5-12(10)17-8-11/h2-5,11H,6-8,15H2,1H3. The lowest BCUT2D eigenvalue weighted by Gasteiger charge is -2.23. The molecule has 0 radical (unpaired) electrons. The van der Waals surface area contributed by atoms with E-state index in [4.69, 9.17) is 10.5 Å². The highest BCUT2D eigenvalue weighted by Crippen LogP contribution is 2.34. The van der Waals surface area contributed by atoms with Gasteiger partial charge in [0.2, 0.25) is 0 Å². The largest absolute Gasteiger partial charge is 0.493 e. The van der Waals surface area contributed by atoms with E-state index in [9.17, 15) is 0 Å². The number of thiazole rings is 1. The van der Waals surface area contributed by atoms with E-state index in [0.717, 1.165) is 22.9 Å². The van der Waals surface area contributed by atoms with Crippen molar-refractivity contribution in [1.82, 2.24) is 4.98 Å². The summed E-state index contributed by atoms with van der Waals surface area (Å²) in [5.41, 5.74) is 8.05. The van der Waals surface area contributed by atoms with E-state index in [-0.39, 0.29) is 0 Å². The Morgan fingerprint density at radius 2 is 2.28 bits per heavy atom. The molecular formula is C14H16N2OS. The molecule has 0 aliphatic carbocycles. The predicted octanol–water partition coefficient (Wildman–Crippen LogP) is 2.63. The third-order valence-electron chi connectivity index (χ3n) is 3.32. The van der Waals surface area contributed by atoms with Gasteiger partial charge in [-0.2, -0.15) is 0 Å². The Kier molecular flexibility index (Phi) is 3.06. The molecule has 1 aromatic heterocycles. The van der Waals surface area contributed by atoms with Crippen molar-refractivity contribution in [3.05, 3.63) is 45.4 Å². The molecule has 1 atom stereocenters. The van der Waals surface area contributed by atoms with Gasteiger partial charge >= 0.3 is 0 Å². The minimum atomic E-state index is 0.365. The van der Waals surface area contributed by atoms with Crippen LogP contribution in [0.2, 0.25) is 0 Å². The Balaban J connectivity index is 1.87. The van der Waals surface area contributed by atoms with Crippen LogP contribution in [0.15, 0.2) is 24.3 Å². The first-order valence-electron chi connectivity index (χ1n) is 6.15. The van der Waals surface area contributed by atoms with E-state index < -0.39 is 0 Å². The van der Waals surface area contributed by atoms with E-state index in [2.05, 4.69) is 17.1 Å². The van der Waals surface area contributed by atoms with Gasteiger partial charge in [0, 0.05) is 17.3 Å². The molecule has 3 nitrogen and oxygen atoms in total. The average Bonchev–Trinajstić information content (AvgIpc) is 2.79. The van der Waals surface area contributed by atoms with Gasteiger partial charge in [0.25, 0.3) is 0 Å². The number of aromatic nitrogens is 1. The number of benzene rings is 1. The van der Waals surface area contributed by atoms with Crippen molar-refractivity contribution in [2.24, 2.45) is 5.73 Å². The highest BCUT2D eigenvalue weighted by molar-refractivity contribution is 7.11. The second-order valence-corrected chi connectivity index (χ2v) is 5.70. The zero-order valence-corrected chi connectivity index (χ0v) is 11.2. The van der Waals surface area contributed by atoms with Crippen molar-refractivity contribution >= 4 is 11.3 Å². The van der Waals surface area contributed by atoms with Crippen LogP contribution < -0.4 is 10.5 Å². The SMILES string of the molecule is Cc1nc(C2COc3ccccc3C2)sc1CN. The zero-order chi connectivity index (χ0) is 12.5. The van der Waals surface area contributed by atoms with Crippen LogP contribution in [0.25, 0.3) is 0 Å². The Morgan fingerprint density at radius 1 is 1.44 bits per heavy atom. The number of ether oxygens (including phenoxy) is 1. The quantitative estimate of drug-likeness (QED) is 0.903. The lowest BCUT2D eigenvalue weighted by Crippen LogP contribution is -2.18. The first-order chi connectivity index (χ1) is 8.78. The van der Waals surface area contributed by atoms with Crippen molar-refractivity contribution in [1.29, 1.82) is 0 Å².